The summed E-state index contributed by atoms with van der Waals surface area (Å²) in [5, 5.41) is 4.17. The van der Waals surface area contributed by atoms with Gasteiger partial charge in [-0.05, 0) is 0 Å². The van der Waals surface area contributed by atoms with Gasteiger partial charge in [0.1, 0.15) is 0 Å². The number of nitrogens with one attached hydrogen (secondary N) is 1. The Kier molecular flexibility index (Phi) is 7.77. The van der Waals surface area contributed by atoms with E-state index in [-0.39, 0.29) is 0 Å². The maximum Gasteiger partial charge on any atom is 0.0587 e. The Hall–Kier alpha value is 0.400. The molecule has 0 rings (SSSR count). The molecule has 0 bridgehead atoms. The zero-order chi connectivity index (χ0) is 6.24. The second-order valence-corrected chi connectivity index (χ2v) is 2.22. The number of hydrogen-bond acceptors (Lipinski definition) is 2. The van der Waals surface area contributed by atoms with E-state index in [1.807, 2.05) is 0 Å². The van der Waals surface area contributed by atoms with Gasteiger partial charge in [0.25, 0.3) is 0 Å². The molecule has 0 unspecified atom stereocenters. The third kappa shape index (κ3) is 6.40. The van der Waals surface area contributed by atoms with Gasteiger partial charge in [-0.25, -0.2) is 0 Å². The van der Waals surface area contributed by atoms with E-state index in [1.54, 1.807) is 7.11 Å². The summed E-state index contributed by atoms with van der Waals surface area (Å²) >= 11 is 3.30. The average Bonchev–Trinajstić information content (AvgIpc) is 1.81. The Balaban J connectivity index is 2.53. The lowest BCUT2D eigenvalue weighted by Gasteiger charge is -1.98. The van der Waals surface area contributed by atoms with Crippen LogP contribution in [-0.2, 0) is 4.74 Å². The standard InChI is InChI=1S/C5H12BrNO/c1-8-5-4-7-3-2-6/h7H,2-5H2,1H3. The number of rotatable bonds is 5. The summed E-state index contributed by atoms with van der Waals surface area (Å²) in [5.41, 5.74) is 0. The van der Waals surface area contributed by atoms with E-state index in [9.17, 15) is 0 Å². The summed E-state index contributed by atoms with van der Waals surface area (Å²) in [7, 11) is 1.70. The molecule has 0 radical (unpaired) electrons. The SMILES string of the molecule is COCCNCCBr. The Labute approximate surface area is 58.7 Å². The summed E-state index contributed by atoms with van der Waals surface area (Å²) in [6.07, 6.45) is 0. The third-order valence-electron chi connectivity index (χ3n) is 0.754. The van der Waals surface area contributed by atoms with Crippen LogP contribution in [-0.4, -0.2) is 32.1 Å². The van der Waals surface area contributed by atoms with E-state index >= 15 is 0 Å². The van der Waals surface area contributed by atoms with Crippen LogP contribution in [0.1, 0.15) is 0 Å². The molecule has 8 heavy (non-hydrogen) atoms. The van der Waals surface area contributed by atoms with E-state index in [0.29, 0.717) is 0 Å². The number of halogens is 1. The lowest BCUT2D eigenvalue weighted by molar-refractivity contribution is 0.200. The normalized spacial score (nSPS) is 9.75. The first kappa shape index (κ1) is 8.40. The highest BCUT2D eigenvalue weighted by Gasteiger charge is 1.81. The van der Waals surface area contributed by atoms with Crippen LogP contribution in [0.25, 0.3) is 0 Å². The number of hydrogen-bond donors (Lipinski definition) is 1. The fourth-order valence-corrected chi connectivity index (χ4v) is 0.646. The molecule has 0 fully saturated rings. The van der Waals surface area contributed by atoms with Gasteiger partial charge in [0.05, 0.1) is 6.61 Å². The van der Waals surface area contributed by atoms with Crippen LogP contribution in [0.5, 0.6) is 0 Å². The Morgan fingerprint density at radius 1 is 1.50 bits per heavy atom. The summed E-state index contributed by atoms with van der Waals surface area (Å²) in [6, 6.07) is 0. The van der Waals surface area contributed by atoms with E-state index in [0.717, 1.165) is 25.0 Å². The van der Waals surface area contributed by atoms with Gasteiger partial charge in [0, 0.05) is 25.5 Å². The van der Waals surface area contributed by atoms with Gasteiger partial charge in [-0.3, -0.25) is 0 Å². The Bertz CT molecular complexity index is 37.4. The highest BCUT2D eigenvalue weighted by Crippen LogP contribution is 1.73. The lowest BCUT2D eigenvalue weighted by atomic mass is 10.6. The van der Waals surface area contributed by atoms with Crippen LogP contribution in [0.4, 0.5) is 0 Å². The van der Waals surface area contributed by atoms with Crippen molar-refractivity contribution in [1.82, 2.24) is 5.32 Å². The molecule has 0 aromatic rings. The average molecular weight is 182 g/mol. The first-order valence-corrected chi connectivity index (χ1v) is 3.79. The van der Waals surface area contributed by atoms with E-state index in [2.05, 4.69) is 21.2 Å². The molecule has 0 aliphatic heterocycles. The number of ether oxygens (including phenoxy) is 1. The summed E-state index contributed by atoms with van der Waals surface area (Å²) < 4.78 is 4.81. The zero-order valence-corrected chi connectivity index (χ0v) is 6.70. The molecule has 0 saturated carbocycles. The third-order valence-corrected chi connectivity index (χ3v) is 1.15. The molecule has 3 heteroatoms. The van der Waals surface area contributed by atoms with Crippen molar-refractivity contribution in [3.63, 3.8) is 0 Å². The van der Waals surface area contributed by atoms with Crippen molar-refractivity contribution in [2.75, 3.05) is 32.1 Å². The minimum atomic E-state index is 0.799. The molecule has 0 aliphatic rings. The quantitative estimate of drug-likeness (QED) is 0.497. The van der Waals surface area contributed by atoms with Crippen LogP contribution in [0.15, 0.2) is 0 Å². The van der Waals surface area contributed by atoms with Crippen LogP contribution >= 0.6 is 15.9 Å². The molecule has 0 aromatic carbocycles. The first-order chi connectivity index (χ1) is 3.91. The smallest absolute Gasteiger partial charge is 0.0587 e. The van der Waals surface area contributed by atoms with E-state index < -0.39 is 0 Å². The molecule has 1 N–H and O–H groups in total. The second-order valence-electron chi connectivity index (χ2n) is 1.43. The maximum absolute atomic E-state index is 4.81. The number of methoxy groups -OCH3 is 1. The molecule has 0 aliphatic carbocycles. The van der Waals surface area contributed by atoms with Crippen molar-refractivity contribution >= 4 is 15.9 Å². The van der Waals surface area contributed by atoms with Crippen molar-refractivity contribution in [2.45, 2.75) is 0 Å². The molecular formula is C5H12BrNO. The highest BCUT2D eigenvalue weighted by atomic mass is 79.9. The Morgan fingerprint density at radius 3 is 2.75 bits per heavy atom. The fourth-order valence-electron chi connectivity index (χ4n) is 0.366. The van der Waals surface area contributed by atoms with Gasteiger partial charge in [-0.2, -0.15) is 0 Å². The van der Waals surface area contributed by atoms with Crippen molar-refractivity contribution in [1.29, 1.82) is 0 Å². The van der Waals surface area contributed by atoms with Crippen LogP contribution in [0.3, 0.4) is 0 Å². The minimum absolute atomic E-state index is 0.799. The fraction of sp³-hybridized carbons (Fsp3) is 1.00. The minimum Gasteiger partial charge on any atom is -0.383 e. The molecule has 50 valence electrons. The predicted octanol–water partition coefficient (Wildman–Crippen LogP) is 0.617. The maximum atomic E-state index is 4.81. The van der Waals surface area contributed by atoms with Gasteiger partial charge >= 0.3 is 0 Å². The van der Waals surface area contributed by atoms with Gasteiger partial charge in [-0.1, -0.05) is 15.9 Å². The van der Waals surface area contributed by atoms with Gasteiger partial charge in [0.2, 0.25) is 0 Å². The van der Waals surface area contributed by atoms with E-state index in [1.165, 1.54) is 0 Å². The monoisotopic (exact) mass is 181 g/mol. The summed E-state index contributed by atoms with van der Waals surface area (Å²) in [4.78, 5) is 0. The molecule has 0 saturated heterocycles. The number of alkyl halides is 1. The first-order valence-electron chi connectivity index (χ1n) is 2.67. The van der Waals surface area contributed by atoms with Crippen molar-refractivity contribution in [3.05, 3.63) is 0 Å². The highest BCUT2D eigenvalue weighted by molar-refractivity contribution is 9.09. The zero-order valence-electron chi connectivity index (χ0n) is 5.11. The predicted molar refractivity (Wildman–Crippen MR) is 38.5 cm³/mol. The van der Waals surface area contributed by atoms with E-state index in [4.69, 9.17) is 4.74 Å². The lowest BCUT2D eigenvalue weighted by Crippen LogP contribution is -2.20. The molecule has 2 nitrogen and oxygen atoms in total. The molecule has 0 amide bonds. The van der Waals surface area contributed by atoms with Gasteiger partial charge in [-0.15, -0.1) is 0 Å². The van der Waals surface area contributed by atoms with Crippen molar-refractivity contribution in [3.8, 4) is 0 Å². The molecule has 0 heterocycles. The molecule has 0 aromatic heterocycles. The van der Waals surface area contributed by atoms with Gasteiger partial charge in [0.15, 0.2) is 0 Å². The summed E-state index contributed by atoms with van der Waals surface area (Å²) in [5.74, 6) is 0. The molecule has 0 spiro atoms. The van der Waals surface area contributed by atoms with Crippen molar-refractivity contribution < 1.29 is 4.74 Å². The Morgan fingerprint density at radius 2 is 2.25 bits per heavy atom. The van der Waals surface area contributed by atoms with Crippen LogP contribution < -0.4 is 5.32 Å². The molecular weight excluding hydrogens is 170 g/mol. The van der Waals surface area contributed by atoms with Crippen LogP contribution in [0, 0.1) is 0 Å². The van der Waals surface area contributed by atoms with Crippen molar-refractivity contribution in [2.24, 2.45) is 0 Å². The summed E-state index contributed by atoms with van der Waals surface area (Å²) in [6.45, 7) is 2.76. The van der Waals surface area contributed by atoms with Gasteiger partial charge < -0.3 is 10.1 Å². The van der Waals surface area contributed by atoms with Crippen LogP contribution in [0.2, 0.25) is 0 Å². The molecule has 0 atom stereocenters. The second kappa shape index (κ2) is 7.40. The topological polar surface area (TPSA) is 21.3 Å². The largest absolute Gasteiger partial charge is 0.383 e.